The maximum atomic E-state index is 11.8. The Balaban J connectivity index is 4.38. The topological polar surface area (TPSA) is 64.3 Å². The minimum Gasteiger partial charge on any atom is -0.395 e. The third-order valence-corrected chi connectivity index (χ3v) is 2.21. The molecule has 0 bridgehead atoms. The summed E-state index contributed by atoms with van der Waals surface area (Å²) in [6.07, 6.45) is 2.26. The molecule has 0 aromatic rings. The molecule has 0 heterocycles. The first-order valence-corrected chi connectivity index (χ1v) is 5.50. The van der Waals surface area contributed by atoms with Crippen molar-refractivity contribution in [2.75, 3.05) is 19.7 Å². The van der Waals surface area contributed by atoms with Crippen LogP contribution >= 0.6 is 0 Å². The average molecular weight is 212 g/mol. The number of nitriles is 1. The van der Waals surface area contributed by atoms with Crippen LogP contribution in [0, 0.1) is 17.2 Å². The second-order valence-corrected chi connectivity index (χ2v) is 3.52. The van der Waals surface area contributed by atoms with E-state index in [1.807, 2.05) is 19.9 Å². The molecule has 0 aliphatic heterocycles. The third kappa shape index (κ3) is 4.80. The first-order chi connectivity index (χ1) is 7.21. The van der Waals surface area contributed by atoms with Crippen LogP contribution in [0.2, 0.25) is 0 Å². The van der Waals surface area contributed by atoms with Gasteiger partial charge in [0.25, 0.3) is 0 Å². The number of carbonyl (C=O) groups is 1. The molecule has 0 aliphatic carbocycles. The van der Waals surface area contributed by atoms with E-state index in [0.717, 1.165) is 12.8 Å². The van der Waals surface area contributed by atoms with E-state index in [-0.39, 0.29) is 12.5 Å². The zero-order valence-corrected chi connectivity index (χ0v) is 9.57. The van der Waals surface area contributed by atoms with E-state index in [4.69, 9.17) is 10.4 Å². The van der Waals surface area contributed by atoms with E-state index in [1.54, 1.807) is 4.90 Å². The quantitative estimate of drug-likeness (QED) is 0.688. The molecule has 0 rings (SSSR count). The molecular weight excluding hydrogens is 192 g/mol. The molecule has 1 N–H and O–H groups in total. The Hall–Kier alpha value is -1.08. The van der Waals surface area contributed by atoms with E-state index < -0.39 is 5.92 Å². The predicted octanol–water partition coefficient (Wildman–Crippen LogP) is 1.16. The lowest BCUT2D eigenvalue weighted by atomic mass is 10.0. The average Bonchev–Trinajstić information content (AvgIpc) is 2.24. The van der Waals surface area contributed by atoms with Gasteiger partial charge in [-0.25, -0.2) is 0 Å². The van der Waals surface area contributed by atoms with Gasteiger partial charge in [-0.05, 0) is 12.8 Å². The van der Waals surface area contributed by atoms with Gasteiger partial charge in [0.15, 0.2) is 0 Å². The van der Waals surface area contributed by atoms with Crippen LogP contribution in [0.4, 0.5) is 0 Å². The van der Waals surface area contributed by atoms with Crippen LogP contribution < -0.4 is 0 Å². The zero-order chi connectivity index (χ0) is 11.7. The van der Waals surface area contributed by atoms with Crippen molar-refractivity contribution in [3.63, 3.8) is 0 Å². The first kappa shape index (κ1) is 13.9. The van der Waals surface area contributed by atoms with Gasteiger partial charge in [-0.3, -0.25) is 4.79 Å². The van der Waals surface area contributed by atoms with Crippen molar-refractivity contribution in [1.29, 1.82) is 5.26 Å². The van der Waals surface area contributed by atoms with Crippen molar-refractivity contribution in [3.05, 3.63) is 0 Å². The zero-order valence-electron chi connectivity index (χ0n) is 9.57. The van der Waals surface area contributed by atoms with E-state index in [9.17, 15) is 4.79 Å². The highest BCUT2D eigenvalue weighted by atomic mass is 16.3. The fraction of sp³-hybridized carbons (Fsp3) is 0.818. The normalized spacial score (nSPS) is 11.9. The standard InChI is InChI=1S/C11H20N2O2/c1-3-5-10(9-12)11(15)13(6-4-2)7-8-14/h10,14H,3-8H2,1-2H3. The number of amides is 1. The van der Waals surface area contributed by atoms with Crippen molar-refractivity contribution in [2.24, 2.45) is 5.92 Å². The fourth-order valence-corrected chi connectivity index (χ4v) is 1.48. The summed E-state index contributed by atoms with van der Waals surface area (Å²) in [6, 6.07) is 2.03. The molecule has 0 saturated heterocycles. The van der Waals surface area contributed by atoms with Crippen molar-refractivity contribution < 1.29 is 9.90 Å². The molecule has 86 valence electrons. The lowest BCUT2D eigenvalue weighted by Crippen LogP contribution is -2.38. The number of hydrogen-bond acceptors (Lipinski definition) is 3. The number of aliphatic hydroxyl groups excluding tert-OH is 1. The van der Waals surface area contributed by atoms with Gasteiger partial charge in [-0.2, -0.15) is 5.26 Å². The molecule has 1 amide bonds. The van der Waals surface area contributed by atoms with Crippen LogP contribution in [0.1, 0.15) is 33.1 Å². The molecule has 1 atom stereocenters. The molecule has 0 saturated carbocycles. The molecule has 0 fully saturated rings. The molecule has 15 heavy (non-hydrogen) atoms. The number of aliphatic hydroxyl groups is 1. The van der Waals surface area contributed by atoms with Crippen molar-refractivity contribution in [3.8, 4) is 6.07 Å². The summed E-state index contributed by atoms with van der Waals surface area (Å²) in [4.78, 5) is 13.4. The molecule has 4 heteroatoms. The highest BCUT2D eigenvalue weighted by molar-refractivity contribution is 5.81. The molecular formula is C11H20N2O2. The number of nitrogens with zero attached hydrogens (tertiary/aromatic N) is 2. The molecule has 4 nitrogen and oxygen atoms in total. The van der Waals surface area contributed by atoms with Crippen LogP contribution in [0.3, 0.4) is 0 Å². The predicted molar refractivity (Wildman–Crippen MR) is 58.0 cm³/mol. The highest BCUT2D eigenvalue weighted by Gasteiger charge is 2.22. The van der Waals surface area contributed by atoms with E-state index in [0.29, 0.717) is 19.5 Å². The SMILES string of the molecule is CCCC(C#N)C(=O)N(CCC)CCO. The number of rotatable bonds is 7. The summed E-state index contributed by atoms with van der Waals surface area (Å²) in [5.41, 5.74) is 0. The Morgan fingerprint density at radius 2 is 2.07 bits per heavy atom. The molecule has 0 aromatic heterocycles. The van der Waals surface area contributed by atoms with Crippen molar-refractivity contribution in [1.82, 2.24) is 4.90 Å². The van der Waals surface area contributed by atoms with Gasteiger partial charge in [0, 0.05) is 13.1 Å². The van der Waals surface area contributed by atoms with Gasteiger partial charge in [0.1, 0.15) is 5.92 Å². The van der Waals surface area contributed by atoms with Crippen molar-refractivity contribution >= 4 is 5.91 Å². The van der Waals surface area contributed by atoms with Crippen LogP contribution in [0.25, 0.3) is 0 Å². The minimum atomic E-state index is -0.548. The summed E-state index contributed by atoms with van der Waals surface area (Å²) in [5, 5.41) is 17.7. The van der Waals surface area contributed by atoms with E-state index in [2.05, 4.69) is 0 Å². The lowest BCUT2D eigenvalue weighted by Gasteiger charge is -2.23. The van der Waals surface area contributed by atoms with E-state index in [1.165, 1.54) is 0 Å². The third-order valence-electron chi connectivity index (χ3n) is 2.21. The molecule has 0 aliphatic rings. The van der Waals surface area contributed by atoms with Gasteiger partial charge in [0.05, 0.1) is 12.7 Å². The van der Waals surface area contributed by atoms with Crippen LogP contribution in [0.5, 0.6) is 0 Å². The van der Waals surface area contributed by atoms with Gasteiger partial charge in [0.2, 0.25) is 5.91 Å². The Morgan fingerprint density at radius 1 is 1.40 bits per heavy atom. The van der Waals surface area contributed by atoms with Gasteiger partial charge in [-0.1, -0.05) is 20.3 Å². The second-order valence-electron chi connectivity index (χ2n) is 3.52. The second kappa shape index (κ2) is 8.25. The Labute approximate surface area is 91.5 Å². The number of hydrogen-bond donors (Lipinski definition) is 1. The summed E-state index contributed by atoms with van der Waals surface area (Å²) >= 11 is 0. The smallest absolute Gasteiger partial charge is 0.240 e. The highest BCUT2D eigenvalue weighted by Crippen LogP contribution is 2.09. The Morgan fingerprint density at radius 3 is 2.47 bits per heavy atom. The Bertz CT molecular complexity index is 217. The summed E-state index contributed by atoms with van der Waals surface area (Å²) in [7, 11) is 0. The molecule has 0 radical (unpaired) electrons. The Kier molecular flexibility index (Phi) is 7.65. The van der Waals surface area contributed by atoms with Gasteiger partial charge in [-0.15, -0.1) is 0 Å². The number of carbonyl (C=O) groups excluding carboxylic acids is 1. The van der Waals surface area contributed by atoms with Crippen LogP contribution in [0.15, 0.2) is 0 Å². The van der Waals surface area contributed by atoms with Crippen LogP contribution in [-0.2, 0) is 4.79 Å². The fourth-order valence-electron chi connectivity index (χ4n) is 1.48. The monoisotopic (exact) mass is 212 g/mol. The lowest BCUT2D eigenvalue weighted by molar-refractivity contribution is -0.134. The van der Waals surface area contributed by atoms with Crippen LogP contribution in [-0.4, -0.2) is 35.6 Å². The van der Waals surface area contributed by atoms with Crippen molar-refractivity contribution in [2.45, 2.75) is 33.1 Å². The molecule has 1 unspecified atom stereocenters. The molecule has 0 spiro atoms. The van der Waals surface area contributed by atoms with Gasteiger partial charge >= 0.3 is 0 Å². The van der Waals surface area contributed by atoms with Gasteiger partial charge < -0.3 is 10.0 Å². The summed E-state index contributed by atoms with van der Waals surface area (Å²) in [6.45, 7) is 4.82. The largest absolute Gasteiger partial charge is 0.395 e. The summed E-state index contributed by atoms with van der Waals surface area (Å²) < 4.78 is 0. The maximum Gasteiger partial charge on any atom is 0.240 e. The first-order valence-electron chi connectivity index (χ1n) is 5.50. The van der Waals surface area contributed by atoms with E-state index >= 15 is 0 Å². The summed E-state index contributed by atoms with van der Waals surface area (Å²) in [5.74, 6) is -0.691. The molecule has 0 aromatic carbocycles. The minimum absolute atomic E-state index is 0.0456. The maximum absolute atomic E-state index is 11.8.